The summed E-state index contributed by atoms with van der Waals surface area (Å²) in [6.45, 7) is 1.85. The van der Waals surface area contributed by atoms with Crippen LogP contribution in [0.4, 0.5) is 8.78 Å². The van der Waals surface area contributed by atoms with Crippen molar-refractivity contribution in [1.29, 1.82) is 0 Å². The maximum absolute atomic E-state index is 14.2. The van der Waals surface area contributed by atoms with Crippen LogP contribution in [-0.2, 0) is 0 Å². The second kappa shape index (κ2) is 5.93. The predicted octanol–water partition coefficient (Wildman–Crippen LogP) is 5.37. The minimum atomic E-state index is -1.06. The first-order valence-electron chi connectivity index (χ1n) is 6.86. The van der Waals surface area contributed by atoms with Gasteiger partial charge in [-0.2, -0.15) is 0 Å². The number of halogens is 2. The Hall–Kier alpha value is -2.53. The van der Waals surface area contributed by atoms with Gasteiger partial charge in [-0.05, 0) is 25.1 Å². The highest BCUT2D eigenvalue weighted by Crippen LogP contribution is 2.41. The van der Waals surface area contributed by atoms with E-state index in [-0.39, 0.29) is 11.1 Å². The van der Waals surface area contributed by atoms with Crippen LogP contribution in [0.5, 0.6) is 0 Å². The Balaban J connectivity index is 2.28. The van der Waals surface area contributed by atoms with Crippen LogP contribution in [0, 0.1) is 18.6 Å². The van der Waals surface area contributed by atoms with Crippen molar-refractivity contribution in [1.82, 2.24) is 0 Å². The van der Waals surface area contributed by atoms with Crippen LogP contribution in [0.25, 0.3) is 21.6 Å². The van der Waals surface area contributed by atoms with Gasteiger partial charge in [0.1, 0.15) is 0 Å². The molecule has 1 aromatic heterocycles. The molecule has 0 saturated carbocycles. The molecule has 0 amide bonds. The maximum Gasteiger partial charge on any atom is 0.336 e. The van der Waals surface area contributed by atoms with Crippen molar-refractivity contribution in [3.05, 3.63) is 70.6 Å². The lowest BCUT2D eigenvalue weighted by Crippen LogP contribution is -1.99. The van der Waals surface area contributed by atoms with Crippen LogP contribution in [-0.4, -0.2) is 11.1 Å². The van der Waals surface area contributed by atoms with E-state index >= 15 is 0 Å². The van der Waals surface area contributed by atoms with Crippen molar-refractivity contribution < 1.29 is 18.7 Å². The molecule has 0 saturated heterocycles. The summed E-state index contributed by atoms with van der Waals surface area (Å²) >= 11 is 1.36. The number of hydrogen-bond acceptors (Lipinski definition) is 2. The lowest BCUT2D eigenvalue weighted by molar-refractivity contribution is 0.0698. The molecule has 0 aliphatic heterocycles. The number of carbonyl (C=O) groups is 1. The molecular weight excluding hydrogens is 318 g/mol. The summed E-state index contributed by atoms with van der Waals surface area (Å²) in [4.78, 5) is 12.9. The number of hydrogen-bond donors (Lipinski definition) is 1. The summed E-state index contributed by atoms with van der Waals surface area (Å²) in [7, 11) is 0. The summed E-state index contributed by atoms with van der Waals surface area (Å²) in [5, 5.41) is 9.36. The predicted molar refractivity (Wildman–Crippen MR) is 86.8 cm³/mol. The number of benzene rings is 2. The van der Waals surface area contributed by atoms with Crippen LogP contribution >= 0.6 is 11.3 Å². The van der Waals surface area contributed by atoms with Crippen molar-refractivity contribution in [3.8, 4) is 21.6 Å². The molecule has 0 bridgehead atoms. The third kappa shape index (κ3) is 2.75. The minimum absolute atomic E-state index is 0.129. The fraction of sp³-hybridized carbons (Fsp3) is 0.0556. The third-order valence-electron chi connectivity index (χ3n) is 3.50. The molecule has 2 nitrogen and oxygen atoms in total. The second-order valence-electron chi connectivity index (χ2n) is 5.05. The summed E-state index contributed by atoms with van der Waals surface area (Å²) in [5.74, 6) is -2.92. The Morgan fingerprint density at radius 2 is 1.70 bits per heavy atom. The van der Waals surface area contributed by atoms with E-state index in [9.17, 15) is 18.7 Å². The zero-order chi connectivity index (χ0) is 16.6. The topological polar surface area (TPSA) is 37.3 Å². The number of aromatic carboxylic acids is 1. The summed E-state index contributed by atoms with van der Waals surface area (Å²) < 4.78 is 27.7. The molecule has 2 aromatic carbocycles. The van der Waals surface area contributed by atoms with Crippen molar-refractivity contribution in [2.75, 3.05) is 0 Å². The molecule has 0 spiro atoms. The van der Waals surface area contributed by atoms with E-state index in [2.05, 4.69) is 0 Å². The van der Waals surface area contributed by atoms with Crippen molar-refractivity contribution in [3.63, 3.8) is 0 Å². The molecular formula is C18H12F2O2S. The normalized spacial score (nSPS) is 10.7. The van der Waals surface area contributed by atoms with Gasteiger partial charge in [0.25, 0.3) is 0 Å². The Morgan fingerprint density at radius 3 is 2.43 bits per heavy atom. The lowest BCUT2D eigenvalue weighted by atomic mass is 9.98. The second-order valence-corrected chi connectivity index (χ2v) is 6.31. The van der Waals surface area contributed by atoms with Gasteiger partial charge in [-0.1, -0.05) is 30.3 Å². The standard InChI is InChI=1S/C18H12F2O2S/c1-10-9-14(11-7-4-8-15(19)16(11)20)17(23-10)12-5-2-3-6-13(12)18(21)22/h2-9H,1H3,(H,21,22). The Morgan fingerprint density at radius 1 is 1.00 bits per heavy atom. The number of carboxylic acid groups (broad SMARTS) is 1. The van der Waals surface area contributed by atoms with Gasteiger partial charge in [0.15, 0.2) is 11.6 Å². The van der Waals surface area contributed by atoms with Gasteiger partial charge in [0, 0.05) is 26.4 Å². The average molecular weight is 330 g/mol. The Labute approximate surface area is 135 Å². The van der Waals surface area contributed by atoms with Crippen LogP contribution in [0.1, 0.15) is 15.2 Å². The molecule has 1 N–H and O–H groups in total. The van der Waals surface area contributed by atoms with Crippen LogP contribution in [0.3, 0.4) is 0 Å². The molecule has 23 heavy (non-hydrogen) atoms. The van der Waals surface area contributed by atoms with Crippen molar-refractivity contribution in [2.24, 2.45) is 0 Å². The highest BCUT2D eigenvalue weighted by molar-refractivity contribution is 7.16. The quantitative estimate of drug-likeness (QED) is 0.701. The van der Waals surface area contributed by atoms with E-state index in [1.807, 2.05) is 6.92 Å². The minimum Gasteiger partial charge on any atom is -0.478 e. The summed E-state index contributed by atoms with van der Waals surface area (Å²) in [6, 6.07) is 12.3. The molecule has 116 valence electrons. The molecule has 0 atom stereocenters. The van der Waals surface area contributed by atoms with Gasteiger partial charge >= 0.3 is 5.97 Å². The highest BCUT2D eigenvalue weighted by Gasteiger charge is 2.20. The number of thiophene rings is 1. The van der Waals surface area contributed by atoms with E-state index in [0.29, 0.717) is 16.0 Å². The fourth-order valence-corrected chi connectivity index (χ4v) is 3.56. The number of aryl methyl sites for hydroxylation is 1. The summed E-state index contributed by atoms with van der Waals surface area (Å²) in [5.41, 5.74) is 1.26. The van der Waals surface area contributed by atoms with Crippen LogP contribution in [0.2, 0.25) is 0 Å². The maximum atomic E-state index is 14.2. The largest absolute Gasteiger partial charge is 0.478 e. The van der Waals surface area contributed by atoms with Crippen molar-refractivity contribution in [2.45, 2.75) is 6.92 Å². The van der Waals surface area contributed by atoms with Gasteiger partial charge in [0.05, 0.1) is 5.56 Å². The van der Waals surface area contributed by atoms with E-state index < -0.39 is 17.6 Å². The van der Waals surface area contributed by atoms with E-state index in [1.54, 1.807) is 24.3 Å². The van der Waals surface area contributed by atoms with Crippen molar-refractivity contribution >= 4 is 17.3 Å². The van der Waals surface area contributed by atoms with Crippen LogP contribution in [0.15, 0.2) is 48.5 Å². The monoisotopic (exact) mass is 330 g/mol. The third-order valence-corrected chi connectivity index (χ3v) is 4.58. The molecule has 0 aliphatic rings. The van der Waals surface area contributed by atoms with Gasteiger partial charge in [-0.3, -0.25) is 0 Å². The van der Waals surface area contributed by atoms with Crippen LogP contribution < -0.4 is 0 Å². The molecule has 0 fully saturated rings. The molecule has 0 radical (unpaired) electrons. The van der Waals surface area contributed by atoms with Gasteiger partial charge in [-0.15, -0.1) is 11.3 Å². The zero-order valence-corrected chi connectivity index (χ0v) is 13.0. The van der Waals surface area contributed by atoms with E-state index in [0.717, 1.165) is 10.9 Å². The number of rotatable bonds is 3. The number of carboxylic acids is 1. The first-order valence-corrected chi connectivity index (χ1v) is 7.68. The molecule has 3 rings (SSSR count). The zero-order valence-electron chi connectivity index (χ0n) is 12.1. The van der Waals surface area contributed by atoms with Gasteiger partial charge < -0.3 is 5.11 Å². The van der Waals surface area contributed by atoms with E-state index in [1.165, 1.54) is 29.5 Å². The fourth-order valence-electron chi connectivity index (χ4n) is 2.49. The lowest BCUT2D eigenvalue weighted by Gasteiger charge is -2.08. The smallest absolute Gasteiger partial charge is 0.336 e. The Bertz CT molecular complexity index is 900. The first-order chi connectivity index (χ1) is 11.0. The van der Waals surface area contributed by atoms with Gasteiger partial charge in [0.2, 0.25) is 0 Å². The SMILES string of the molecule is Cc1cc(-c2cccc(F)c2F)c(-c2ccccc2C(=O)O)s1. The summed E-state index contributed by atoms with van der Waals surface area (Å²) in [6.07, 6.45) is 0. The molecule has 3 aromatic rings. The average Bonchev–Trinajstić information content (AvgIpc) is 2.91. The highest BCUT2D eigenvalue weighted by atomic mass is 32.1. The molecule has 0 aliphatic carbocycles. The molecule has 5 heteroatoms. The molecule has 1 heterocycles. The van der Waals surface area contributed by atoms with E-state index in [4.69, 9.17) is 0 Å². The Kier molecular flexibility index (Phi) is 3.96. The molecule has 0 unspecified atom stereocenters. The van der Waals surface area contributed by atoms with Gasteiger partial charge in [-0.25, -0.2) is 13.6 Å². The first kappa shape index (κ1) is 15.4.